The van der Waals surface area contributed by atoms with Gasteiger partial charge in [0.1, 0.15) is 0 Å². The first kappa shape index (κ1) is 17.5. The van der Waals surface area contributed by atoms with E-state index in [0.29, 0.717) is 23.0 Å². The average molecular weight is 351 g/mol. The highest BCUT2D eigenvalue weighted by atomic mass is 35.5. The quantitative estimate of drug-likeness (QED) is 0.867. The number of nitrogens with one attached hydrogen (secondary N) is 1. The predicted molar refractivity (Wildman–Crippen MR) is 93.9 cm³/mol. The van der Waals surface area contributed by atoms with Gasteiger partial charge in [-0.1, -0.05) is 29.3 Å². The van der Waals surface area contributed by atoms with Crippen molar-refractivity contribution in [3.05, 3.63) is 56.7 Å². The van der Waals surface area contributed by atoms with E-state index in [0.717, 1.165) is 10.4 Å². The lowest BCUT2D eigenvalue weighted by molar-refractivity contribution is -0.130. The van der Waals surface area contributed by atoms with Gasteiger partial charge in [-0.2, -0.15) is 0 Å². The molecule has 0 saturated carbocycles. The predicted octanol–water partition coefficient (Wildman–Crippen LogP) is 3.49. The van der Waals surface area contributed by atoms with Crippen molar-refractivity contribution < 1.29 is 9.59 Å². The van der Waals surface area contributed by atoms with E-state index in [4.69, 9.17) is 11.6 Å². The molecule has 0 bridgehead atoms. The summed E-state index contributed by atoms with van der Waals surface area (Å²) in [5.41, 5.74) is 1.57. The maximum Gasteiger partial charge on any atom is 0.251 e. The number of likely N-dealkylation sites (N-methyl/N-ethyl adjacent to an activating group) is 1. The summed E-state index contributed by atoms with van der Waals surface area (Å²) in [6.45, 7) is 4.91. The number of halogens is 1. The van der Waals surface area contributed by atoms with Gasteiger partial charge in [0.25, 0.3) is 5.91 Å². The number of carbonyl (C=O) groups is 2. The first-order chi connectivity index (χ1) is 11.0. The Hall–Kier alpha value is -1.85. The highest BCUT2D eigenvalue weighted by Gasteiger charge is 2.15. The van der Waals surface area contributed by atoms with Crippen LogP contribution >= 0.6 is 22.9 Å². The van der Waals surface area contributed by atoms with Crippen LogP contribution in [-0.2, 0) is 11.3 Å². The second-order valence-corrected chi connectivity index (χ2v) is 6.97. The molecule has 2 amide bonds. The number of hydrogen-bond donors (Lipinski definition) is 1. The first-order valence-corrected chi connectivity index (χ1v) is 8.56. The van der Waals surface area contributed by atoms with Crippen LogP contribution < -0.4 is 5.32 Å². The Labute approximate surface area is 145 Å². The molecule has 2 aromatic rings. The molecule has 0 aliphatic rings. The van der Waals surface area contributed by atoms with Crippen LogP contribution in [0.2, 0.25) is 4.34 Å². The summed E-state index contributed by atoms with van der Waals surface area (Å²) < 4.78 is 0.705. The van der Waals surface area contributed by atoms with Gasteiger partial charge in [0.05, 0.1) is 17.4 Å². The largest absolute Gasteiger partial charge is 0.343 e. The zero-order valence-corrected chi connectivity index (χ0v) is 14.7. The third-order valence-corrected chi connectivity index (χ3v) is 4.61. The molecule has 0 radical (unpaired) electrons. The standard InChI is InChI=1S/C17H19ClN2O2S/c1-3-20(11-14-7-8-15(18)23-14)16(21)10-19-17(22)13-6-4-5-12(2)9-13/h4-9H,3,10-11H2,1-2H3,(H,19,22). The molecule has 6 heteroatoms. The van der Waals surface area contributed by atoms with E-state index in [1.54, 1.807) is 17.0 Å². The van der Waals surface area contributed by atoms with Crippen LogP contribution in [0.5, 0.6) is 0 Å². The van der Waals surface area contributed by atoms with Crippen LogP contribution in [0.15, 0.2) is 36.4 Å². The minimum Gasteiger partial charge on any atom is -0.343 e. The van der Waals surface area contributed by atoms with Crippen molar-refractivity contribution in [3.63, 3.8) is 0 Å². The van der Waals surface area contributed by atoms with E-state index in [1.165, 1.54) is 11.3 Å². The van der Waals surface area contributed by atoms with E-state index < -0.39 is 0 Å². The molecule has 0 atom stereocenters. The number of aryl methyl sites for hydroxylation is 1. The molecule has 0 aliphatic carbocycles. The van der Waals surface area contributed by atoms with Crippen molar-refractivity contribution in [2.45, 2.75) is 20.4 Å². The average Bonchev–Trinajstić information content (AvgIpc) is 2.95. The van der Waals surface area contributed by atoms with Gasteiger partial charge in [-0.05, 0) is 38.1 Å². The van der Waals surface area contributed by atoms with Crippen LogP contribution in [0.25, 0.3) is 0 Å². The van der Waals surface area contributed by atoms with E-state index in [9.17, 15) is 9.59 Å². The highest BCUT2D eigenvalue weighted by molar-refractivity contribution is 7.16. The van der Waals surface area contributed by atoms with Gasteiger partial charge in [-0.3, -0.25) is 9.59 Å². The Morgan fingerprint density at radius 2 is 2.04 bits per heavy atom. The SMILES string of the molecule is CCN(Cc1ccc(Cl)s1)C(=O)CNC(=O)c1cccc(C)c1. The number of benzene rings is 1. The van der Waals surface area contributed by atoms with E-state index in [2.05, 4.69) is 5.32 Å². The Morgan fingerprint density at radius 3 is 2.65 bits per heavy atom. The summed E-state index contributed by atoms with van der Waals surface area (Å²) in [5.74, 6) is -0.352. The molecule has 4 nitrogen and oxygen atoms in total. The highest BCUT2D eigenvalue weighted by Crippen LogP contribution is 2.22. The van der Waals surface area contributed by atoms with E-state index in [1.807, 2.05) is 38.1 Å². The van der Waals surface area contributed by atoms with Crippen molar-refractivity contribution in [2.24, 2.45) is 0 Å². The Morgan fingerprint density at radius 1 is 1.26 bits per heavy atom. The van der Waals surface area contributed by atoms with Crippen molar-refractivity contribution in [1.82, 2.24) is 10.2 Å². The van der Waals surface area contributed by atoms with Crippen LogP contribution in [-0.4, -0.2) is 29.8 Å². The van der Waals surface area contributed by atoms with Gasteiger partial charge in [0.15, 0.2) is 0 Å². The van der Waals surface area contributed by atoms with Gasteiger partial charge in [-0.25, -0.2) is 0 Å². The lowest BCUT2D eigenvalue weighted by atomic mass is 10.1. The lowest BCUT2D eigenvalue weighted by Crippen LogP contribution is -2.39. The summed E-state index contributed by atoms with van der Waals surface area (Å²) in [4.78, 5) is 27.1. The molecule has 1 aromatic carbocycles. The van der Waals surface area contributed by atoms with Crippen LogP contribution in [0.4, 0.5) is 0 Å². The maximum atomic E-state index is 12.3. The van der Waals surface area contributed by atoms with Gasteiger partial charge in [0, 0.05) is 17.0 Å². The first-order valence-electron chi connectivity index (χ1n) is 7.36. The van der Waals surface area contributed by atoms with Crippen molar-refractivity contribution >= 4 is 34.8 Å². The zero-order valence-electron chi connectivity index (χ0n) is 13.1. The fraction of sp³-hybridized carbons (Fsp3) is 0.294. The summed E-state index contributed by atoms with van der Waals surface area (Å²) in [6, 6.07) is 11.0. The van der Waals surface area contributed by atoms with Gasteiger partial charge in [-0.15, -0.1) is 11.3 Å². The number of rotatable bonds is 6. The number of thiophene rings is 1. The fourth-order valence-corrected chi connectivity index (χ4v) is 3.26. The number of amides is 2. The lowest BCUT2D eigenvalue weighted by Gasteiger charge is -2.20. The van der Waals surface area contributed by atoms with Crippen molar-refractivity contribution in [3.8, 4) is 0 Å². The molecule has 1 N–H and O–H groups in total. The smallest absolute Gasteiger partial charge is 0.251 e. The third kappa shape index (κ3) is 5.08. The molecule has 2 rings (SSSR count). The van der Waals surface area contributed by atoms with Crippen LogP contribution in [0, 0.1) is 6.92 Å². The minimum absolute atomic E-state index is 0.0142. The van der Waals surface area contributed by atoms with Crippen molar-refractivity contribution in [1.29, 1.82) is 0 Å². The third-order valence-electron chi connectivity index (χ3n) is 3.39. The molecular weight excluding hydrogens is 332 g/mol. The Kier molecular flexibility index (Phi) is 6.19. The van der Waals surface area contributed by atoms with Gasteiger partial charge < -0.3 is 10.2 Å². The Bertz CT molecular complexity index is 699. The molecule has 0 saturated heterocycles. The van der Waals surface area contributed by atoms with Gasteiger partial charge >= 0.3 is 0 Å². The summed E-state index contributed by atoms with van der Waals surface area (Å²) in [5, 5.41) is 2.68. The second kappa shape index (κ2) is 8.13. The van der Waals surface area contributed by atoms with Gasteiger partial charge in [0.2, 0.25) is 5.91 Å². The second-order valence-electron chi connectivity index (χ2n) is 5.17. The molecule has 0 aliphatic heterocycles. The number of nitrogens with zero attached hydrogens (tertiary/aromatic N) is 1. The molecule has 0 spiro atoms. The molecule has 0 fully saturated rings. The summed E-state index contributed by atoms with van der Waals surface area (Å²) >= 11 is 7.36. The minimum atomic E-state index is -0.239. The van der Waals surface area contributed by atoms with E-state index >= 15 is 0 Å². The maximum absolute atomic E-state index is 12.3. The zero-order chi connectivity index (χ0) is 16.8. The molecular formula is C17H19ClN2O2S. The molecule has 0 unspecified atom stereocenters. The van der Waals surface area contributed by atoms with Crippen LogP contribution in [0.3, 0.4) is 0 Å². The molecule has 23 heavy (non-hydrogen) atoms. The normalized spacial score (nSPS) is 10.4. The summed E-state index contributed by atoms with van der Waals surface area (Å²) in [6.07, 6.45) is 0. The Balaban J connectivity index is 1.90. The molecule has 1 aromatic heterocycles. The van der Waals surface area contributed by atoms with E-state index in [-0.39, 0.29) is 18.4 Å². The number of carbonyl (C=O) groups excluding carboxylic acids is 2. The topological polar surface area (TPSA) is 49.4 Å². The monoisotopic (exact) mass is 350 g/mol. The van der Waals surface area contributed by atoms with Crippen molar-refractivity contribution in [2.75, 3.05) is 13.1 Å². The summed E-state index contributed by atoms with van der Waals surface area (Å²) in [7, 11) is 0. The van der Waals surface area contributed by atoms with Crippen LogP contribution in [0.1, 0.15) is 27.7 Å². The number of hydrogen-bond acceptors (Lipinski definition) is 3. The fourth-order valence-electron chi connectivity index (χ4n) is 2.16. The molecule has 122 valence electrons. The molecule has 1 heterocycles.